The third kappa shape index (κ3) is 3.00. The van der Waals surface area contributed by atoms with Gasteiger partial charge in [0, 0.05) is 29.9 Å². The zero-order chi connectivity index (χ0) is 14.7. The second-order valence-electron chi connectivity index (χ2n) is 5.39. The number of benzene rings is 1. The molecule has 0 amide bonds. The van der Waals surface area contributed by atoms with Crippen LogP contribution >= 0.6 is 0 Å². The molecular weight excluding hydrogens is 264 g/mol. The Kier molecular flexibility index (Phi) is 4.06. The molecule has 1 aliphatic rings. The first kappa shape index (κ1) is 13.9. The number of nitrogens with one attached hydrogen (secondary N) is 2. The van der Waals surface area contributed by atoms with Crippen LogP contribution in [0.15, 0.2) is 41.2 Å². The zero-order valence-electron chi connectivity index (χ0n) is 12.2. The highest BCUT2D eigenvalue weighted by molar-refractivity contribution is 5.33. The lowest BCUT2D eigenvalue weighted by Crippen LogP contribution is -2.27. The Balaban J connectivity index is 1.76. The van der Waals surface area contributed by atoms with Crippen molar-refractivity contribution in [2.24, 2.45) is 0 Å². The molecule has 1 atom stereocenters. The fourth-order valence-corrected chi connectivity index (χ4v) is 2.99. The molecule has 0 aliphatic heterocycles. The second-order valence-corrected chi connectivity index (χ2v) is 5.39. The van der Waals surface area contributed by atoms with Crippen LogP contribution in [0.3, 0.4) is 0 Å². The number of aromatic amines is 1. The van der Waals surface area contributed by atoms with Gasteiger partial charge in [0.1, 0.15) is 5.75 Å². The molecule has 1 aromatic carbocycles. The van der Waals surface area contributed by atoms with Gasteiger partial charge < -0.3 is 15.0 Å². The van der Waals surface area contributed by atoms with E-state index in [1.165, 1.54) is 5.56 Å². The highest BCUT2D eigenvalue weighted by Crippen LogP contribution is 2.28. The summed E-state index contributed by atoms with van der Waals surface area (Å²) < 4.78 is 5.38. The minimum atomic E-state index is -0.0147. The fourth-order valence-electron chi connectivity index (χ4n) is 2.99. The molecule has 1 unspecified atom stereocenters. The Labute approximate surface area is 124 Å². The molecule has 0 radical (unpaired) electrons. The molecule has 4 heteroatoms. The fraction of sp³-hybridized carbons (Fsp3) is 0.353. The van der Waals surface area contributed by atoms with Crippen molar-refractivity contribution in [1.29, 1.82) is 0 Å². The zero-order valence-corrected chi connectivity index (χ0v) is 12.2. The van der Waals surface area contributed by atoms with E-state index in [1.54, 1.807) is 13.2 Å². The smallest absolute Gasteiger partial charge is 0.248 e. The van der Waals surface area contributed by atoms with Gasteiger partial charge >= 0.3 is 0 Å². The van der Waals surface area contributed by atoms with Crippen molar-refractivity contribution in [2.75, 3.05) is 7.11 Å². The molecule has 21 heavy (non-hydrogen) atoms. The number of para-hydroxylation sites is 1. The van der Waals surface area contributed by atoms with Crippen LogP contribution in [0.5, 0.6) is 5.75 Å². The van der Waals surface area contributed by atoms with Gasteiger partial charge in [0.15, 0.2) is 0 Å². The SMILES string of the molecule is COc1ccccc1CNC1CCCc2[nH]c(=O)ccc21. The first-order valence-corrected chi connectivity index (χ1v) is 7.35. The molecule has 0 bridgehead atoms. The first-order chi connectivity index (χ1) is 10.3. The van der Waals surface area contributed by atoms with Gasteiger partial charge in [-0.25, -0.2) is 0 Å². The molecule has 1 aliphatic carbocycles. The highest BCUT2D eigenvalue weighted by Gasteiger charge is 2.20. The van der Waals surface area contributed by atoms with Gasteiger partial charge in [-0.3, -0.25) is 4.79 Å². The third-order valence-electron chi connectivity index (χ3n) is 4.06. The quantitative estimate of drug-likeness (QED) is 0.907. The number of pyridine rings is 1. The number of hydrogen-bond donors (Lipinski definition) is 2. The summed E-state index contributed by atoms with van der Waals surface area (Å²) >= 11 is 0. The molecule has 0 fully saturated rings. The Morgan fingerprint density at radius 2 is 2.14 bits per heavy atom. The van der Waals surface area contributed by atoms with Gasteiger partial charge in [-0.05, 0) is 30.9 Å². The lowest BCUT2D eigenvalue weighted by molar-refractivity contribution is 0.400. The topological polar surface area (TPSA) is 54.1 Å². The van der Waals surface area contributed by atoms with Crippen LogP contribution in [0.25, 0.3) is 0 Å². The maximum Gasteiger partial charge on any atom is 0.248 e. The number of fused-ring (bicyclic) bond motifs is 1. The van der Waals surface area contributed by atoms with Crippen molar-refractivity contribution < 1.29 is 4.74 Å². The average Bonchev–Trinajstić information content (AvgIpc) is 2.52. The summed E-state index contributed by atoms with van der Waals surface area (Å²) in [4.78, 5) is 14.4. The molecule has 1 heterocycles. The summed E-state index contributed by atoms with van der Waals surface area (Å²) in [5.41, 5.74) is 3.43. The van der Waals surface area contributed by atoms with Gasteiger partial charge in [0.05, 0.1) is 7.11 Å². The summed E-state index contributed by atoms with van der Waals surface area (Å²) in [5.74, 6) is 0.905. The maximum atomic E-state index is 11.4. The molecule has 0 saturated carbocycles. The average molecular weight is 284 g/mol. The molecule has 2 aromatic rings. The van der Waals surface area contributed by atoms with Crippen molar-refractivity contribution in [3.63, 3.8) is 0 Å². The highest BCUT2D eigenvalue weighted by atomic mass is 16.5. The summed E-state index contributed by atoms with van der Waals surface area (Å²) in [5, 5.41) is 3.59. The Morgan fingerprint density at radius 3 is 3.00 bits per heavy atom. The third-order valence-corrected chi connectivity index (χ3v) is 4.06. The van der Waals surface area contributed by atoms with Crippen molar-refractivity contribution in [2.45, 2.75) is 31.8 Å². The van der Waals surface area contributed by atoms with Crippen molar-refractivity contribution in [3.8, 4) is 5.75 Å². The van der Waals surface area contributed by atoms with Gasteiger partial charge in [-0.15, -0.1) is 0 Å². The van der Waals surface area contributed by atoms with Crippen LogP contribution in [-0.2, 0) is 13.0 Å². The van der Waals surface area contributed by atoms with Crippen LogP contribution < -0.4 is 15.6 Å². The minimum absolute atomic E-state index is 0.0147. The number of methoxy groups -OCH3 is 1. The standard InChI is InChI=1S/C17H20N2O2/c1-21-16-8-3-2-5-12(16)11-18-14-6-4-7-15-13(14)9-10-17(20)19-15/h2-3,5,8-10,14,18H,4,6-7,11H2,1H3,(H,19,20). The van der Waals surface area contributed by atoms with Crippen LogP contribution in [0.1, 0.15) is 35.7 Å². The van der Waals surface area contributed by atoms with Gasteiger partial charge in [0.25, 0.3) is 0 Å². The normalized spacial score (nSPS) is 17.3. The van der Waals surface area contributed by atoms with Gasteiger partial charge in [-0.1, -0.05) is 24.3 Å². The molecule has 110 valence electrons. The summed E-state index contributed by atoms with van der Waals surface area (Å²) in [6.45, 7) is 0.757. The molecular formula is C17H20N2O2. The number of aryl methyl sites for hydroxylation is 1. The van der Waals surface area contributed by atoms with Crippen LogP contribution in [0.4, 0.5) is 0 Å². The molecule has 0 saturated heterocycles. The summed E-state index contributed by atoms with van der Waals surface area (Å²) in [6.07, 6.45) is 3.14. The Bertz CT molecular complexity index is 678. The van der Waals surface area contributed by atoms with Crippen molar-refractivity contribution in [3.05, 3.63) is 63.6 Å². The van der Waals surface area contributed by atoms with Crippen molar-refractivity contribution in [1.82, 2.24) is 10.3 Å². The van der Waals surface area contributed by atoms with E-state index >= 15 is 0 Å². The predicted molar refractivity (Wildman–Crippen MR) is 82.6 cm³/mol. The summed E-state index contributed by atoms with van der Waals surface area (Å²) in [7, 11) is 1.69. The molecule has 4 nitrogen and oxygen atoms in total. The Morgan fingerprint density at radius 1 is 1.29 bits per heavy atom. The lowest BCUT2D eigenvalue weighted by atomic mass is 9.91. The van der Waals surface area contributed by atoms with E-state index in [9.17, 15) is 4.79 Å². The van der Waals surface area contributed by atoms with Crippen LogP contribution in [-0.4, -0.2) is 12.1 Å². The maximum absolute atomic E-state index is 11.4. The van der Waals surface area contributed by atoms with Crippen LogP contribution in [0, 0.1) is 0 Å². The number of rotatable bonds is 4. The second kappa shape index (κ2) is 6.14. The van der Waals surface area contributed by atoms with Crippen molar-refractivity contribution >= 4 is 0 Å². The van der Waals surface area contributed by atoms with Crippen LogP contribution in [0.2, 0.25) is 0 Å². The monoisotopic (exact) mass is 284 g/mol. The van der Waals surface area contributed by atoms with E-state index in [-0.39, 0.29) is 11.6 Å². The summed E-state index contributed by atoms with van der Waals surface area (Å²) in [6, 6.07) is 11.9. The van der Waals surface area contributed by atoms with E-state index in [1.807, 2.05) is 24.3 Å². The predicted octanol–water partition coefficient (Wildman–Crippen LogP) is 2.55. The Hall–Kier alpha value is -2.07. The minimum Gasteiger partial charge on any atom is -0.496 e. The van der Waals surface area contributed by atoms with Gasteiger partial charge in [0.2, 0.25) is 5.56 Å². The first-order valence-electron chi connectivity index (χ1n) is 7.35. The molecule has 0 spiro atoms. The van der Waals surface area contributed by atoms with E-state index in [0.29, 0.717) is 0 Å². The van der Waals surface area contributed by atoms with Gasteiger partial charge in [-0.2, -0.15) is 0 Å². The largest absolute Gasteiger partial charge is 0.496 e. The van der Waals surface area contributed by atoms with E-state index in [2.05, 4.69) is 16.4 Å². The number of hydrogen-bond acceptors (Lipinski definition) is 3. The molecule has 2 N–H and O–H groups in total. The lowest BCUT2D eigenvalue weighted by Gasteiger charge is -2.26. The van der Waals surface area contributed by atoms with E-state index in [4.69, 9.17) is 4.74 Å². The van der Waals surface area contributed by atoms with E-state index < -0.39 is 0 Å². The number of aromatic nitrogens is 1. The molecule has 1 aromatic heterocycles. The number of ether oxygens (including phenoxy) is 1. The molecule has 3 rings (SSSR count). The number of H-pyrrole nitrogens is 1. The van der Waals surface area contributed by atoms with E-state index in [0.717, 1.165) is 42.8 Å².